The largest absolute Gasteiger partial charge is 0.382 e. The predicted octanol–water partition coefficient (Wildman–Crippen LogP) is 3.77. The molecule has 1 aliphatic rings. The van der Waals surface area contributed by atoms with E-state index in [1.807, 2.05) is 13.0 Å². The van der Waals surface area contributed by atoms with Crippen LogP contribution in [0.3, 0.4) is 0 Å². The number of benzene rings is 1. The van der Waals surface area contributed by atoms with Crippen molar-refractivity contribution in [1.82, 2.24) is 15.2 Å². The van der Waals surface area contributed by atoms with E-state index in [9.17, 15) is 0 Å². The summed E-state index contributed by atoms with van der Waals surface area (Å²) in [4.78, 5) is 4.44. The van der Waals surface area contributed by atoms with Crippen LogP contribution in [0.15, 0.2) is 24.3 Å². The molecular formula is C16H22N4. The Morgan fingerprint density at radius 3 is 2.85 bits per heavy atom. The molecular weight excluding hydrogens is 248 g/mol. The Kier molecular flexibility index (Phi) is 3.72. The highest BCUT2D eigenvalue weighted by Gasteiger charge is 2.24. The van der Waals surface area contributed by atoms with Crippen LogP contribution in [0.4, 0.5) is 5.69 Å². The summed E-state index contributed by atoms with van der Waals surface area (Å²) >= 11 is 0. The number of aryl methyl sites for hydroxylation is 1. The molecule has 1 aromatic carbocycles. The Morgan fingerprint density at radius 2 is 2.15 bits per heavy atom. The van der Waals surface area contributed by atoms with Crippen molar-refractivity contribution in [2.24, 2.45) is 5.92 Å². The molecule has 0 spiro atoms. The quantitative estimate of drug-likeness (QED) is 0.889. The molecule has 2 aromatic rings. The predicted molar refractivity (Wildman–Crippen MR) is 81.6 cm³/mol. The van der Waals surface area contributed by atoms with E-state index in [0.717, 1.165) is 28.8 Å². The van der Waals surface area contributed by atoms with Crippen LogP contribution in [0.25, 0.3) is 11.4 Å². The molecule has 4 heteroatoms. The maximum atomic E-state index is 4.44. The fourth-order valence-corrected chi connectivity index (χ4v) is 3.06. The van der Waals surface area contributed by atoms with Crippen LogP contribution in [0.1, 0.15) is 38.4 Å². The molecule has 0 bridgehead atoms. The second kappa shape index (κ2) is 5.65. The molecule has 1 aromatic heterocycles. The number of para-hydroxylation sites is 1. The van der Waals surface area contributed by atoms with Gasteiger partial charge in [0.25, 0.3) is 0 Å². The van der Waals surface area contributed by atoms with Crippen molar-refractivity contribution < 1.29 is 0 Å². The average molecular weight is 270 g/mol. The summed E-state index contributed by atoms with van der Waals surface area (Å²) in [6.07, 6.45) is 5.17. The van der Waals surface area contributed by atoms with Gasteiger partial charge in [0.05, 0.1) is 0 Å². The van der Waals surface area contributed by atoms with Gasteiger partial charge in [-0.15, -0.1) is 0 Å². The maximum absolute atomic E-state index is 4.44. The van der Waals surface area contributed by atoms with Gasteiger partial charge in [-0.1, -0.05) is 25.5 Å². The Labute approximate surface area is 120 Å². The lowest BCUT2D eigenvalue weighted by Crippen LogP contribution is -2.16. The number of aromatic nitrogens is 3. The molecule has 0 saturated heterocycles. The van der Waals surface area contributed by atoms with E-state index in [-0.39, 0.29) is 0 Å². The zero-order valence-corrected chi connectivity index (χ0v) is 12.2. The third kappa shape index (κ3) is 2.69. The van der Waals surface area contributed by atoms with Gasteiger partial charge in [-0.25, -0.2) is 4.98 Å². The van der Waals surface area contributed by atoms with E-state index in [1.165, 1.54) is 25.7 Å². The molecule has 2 unspecified atom stereocenters. The fraction of sp³-hybridized carbons (Fsp3) is 0.500. The Bertz CT molecular complexity index is 575. The van der Waals surface area contributed by atoms with Gasteiger partial charge < -0.3 is 5.32 Å². The summed E-state index contributed by atoms with van der Waals surface area (Å²) in [7, 11) is 0. The molecule has 1 heterocycles. The van der Waals surface area contributed by atoms with Crippen LogP contribution in [0.2, 0.25) is 0 Å². The molecule has 0 radical (unpaired) electrons. The molecule has 20 heavy (non-hydrogen) atoms. The first kappa shape index (κ1) is 13.2. The first-order valence-corrected chi connectivity index (χ1v) is 7.51. The summed E-state index contributed by atoms with van der Waals surface area (Å²) in [6, 6.07) is 8.89. The van der Waals surface area contributed by atoms with Crippen molar-refractivity contribution in [3.8, 4) is 11.4 Å². The zero-order chi connectivity index (χ0) is 13.9. The zero-order valence-electron chi connectivity index (χ0n) is 12.2. The summed E-state index contributed by atoms with van der Waals surface area (Å²) < 4.78 is 0. The summed E-state index contributed by atoms with van der Waals surface area (Å²) in [5, 5.41) is 10.9. The lowest BCUT2D eigenvalue weighted by Gasteiger charge is -2.16. The Morgan fingerprint density at radius 1 is 1.30 bits per heavy atom. The van der Waals surface area contributed by atoms with E-state index < -0.39 is 0 Å². The van der Waals surface area contributed by atoms with Gasteiger partial charge in [-0.05, 0) is 44.2 Å². The van der Waals surface area contributed by atoms with Crippen molar-refractivity contribution in [3.63, 3.8) is 0 Å². The van der Waals surface area contributed by atoms with E-state index in [2.05, 4.69) is 45.6 Å². The topological polar surface area (TPSA) is 53.6 Å². The molecule has 3 rings (SSSR count). The highest BCUT2D eigenvalue weighted by atomic mass is 15.2. The first-order chi connectivity index (χ1) is 9.76. The van der Waals surface area contributed by atoms with Crippen LogP contribution >= 0.6 is 0 Å². The number of nitrogens with one attached hydrogen (secondary N) is 2. The third-order valence-corrected chi connectivity index (χ3v) is 4.24. The van der Waals surface area contributed by atoms with Gasteiger partial charge in [0.1, 0.15) is 5.82 Å². The SMILES string of the molecule is CCC1CCC(Nc2ccccc2-c2n[nH]c(C)n2)C1. The number of hydrogen-bond acceptors (Lipinski definition) is 3. The molecule has 1 saturated carbocycles. The van der Waals surface area contributed by atoms with Gasteiger partial charge >= 0.3 is 0 Å². The number of H-pyrrole nitrogens is 1. The first-order valence-electron chi connectivity index (χ1n) is 7.51. The lowest BCUT2D eigenvalue weighted by atomic mass is 10.1. The van der Waals surface area contributed by atoms with Crippen LogP contribution in [0.5, 0.6) is 0 Å². The highest BCUT2D eigenvalue weighted by molar-refractivity contribution is 5.73. The fourth-order valence-electron chi connectivity index (χ4n) is 3.06. The summed E-state index contributed by atoms with van der Waals surface area (Å²) in [6.45, 7) is 4.22. The van der Waals surface area contributed by atoms with Crippen molar-refractivity contribution in [1.29, 1.82) is 0 Å². The Hall–Kier alpha value is -1.84. The van der Waals surface area contributed by atoms with Crippen molar-refractivity contribution in [3.05, 3.63) is 30.1 Å². The number of hydrogen-bond donors (Lipinski definition) is 2. The highest BCUT2D eigenvalue weighted by Crippen LogP contribution is 2.32. The van der Waals surface area contributed by atoms with Crippen molar-refractivity contribution in [2.45, 2.75) is 45.6 Å². The molecule has 0 aliphatic heterocycles. The molecule has 2 N–H and O–H groups in total. The second-order valence-electron chi connectivity index (χ2n) is 5.72. The number of aromatic amines is 1. The monoisotopic (exact) mass is 270 g/mol. The minimum atomic E-state index is 0.584. The summed E-state index contributed by atoms with van der Waals surface area (Å²) in [5.41, 5.74) is 2.23. The average Bonchev–Trinajstić information content (AvgIpc) is 3.08. The maximum Gasteiger partial charge on any atom is 0.183 e. The van der Waals surface area contributed by atoms with E-state index in [0.29, 0.717) is 6.04 Å². The van der Waals surface area contributed by atoms with Gasteiger partial charge in [-0.2, -0.15) is 5.10 Å². The smallest absolute Gasteiger partial charge is 0.183 e. The minimum absolute atomic E-state index is 0.584. The molecule has 4 nitrogen and oxygen atoms in total. The minimum Gasteiger partial charge on any atom is -0.382 e. The Balaban J connectivity index is 1.80. The molecule has 0 amide bonds. The van der Waals surface area contributed by atoms with Gasteiger partial charge in [0.15, 0.2) is 5.82 Å². The van der Waals surface area contributed by atoms with Crippen molar-refractivity contribution >= 4 is 5.69 Å². The van der Waals surface area contributed by atoms with Crippen molar-refractivity contribution in [2.75, 3.05) is 5.32 Å². The molecule has 1 fully saturated rings. The number of anilines is 1. The van der Waals surface area contributed by atoms with Crippen LogP contribution in [-0.4, -0.2) is 21.2 Å². The van der Waals surface area contributed by atoms with E-state index >= 15 is 0 Å². The number of nitrogens with zero attached hydrogens (tertiary/aromatic N) is 2. The number of rotatable bonds is 4. The van der Waals surface area contributed by atoms with Gasteiger partial charge in [-0.3, -0.25) is 5.10 Å². The standard InChI is InChI=1S/C16H22N4/c1-3-12-8-9-13(10-12)18-15-7-5-4-6-14(15)16-17-11(2)19-20-16/h4-7,12-13,18H,3,8-10H2,1-2H3,(H,17,19,20). The molecule has 2 atom stereocenters. The van der Waals surface area contributed by atoms with Crippen LogP contribution in [-0.2, 0) is 0 Å². The lowest BCUT2D eigenvalue weighted by molar-refractivity contribution is 0.525. The van der Waals surface area contributed by atoms with E-state index in [4.69, 9.17) is 0 Å². The summed E-state index contributed by atoms with van der Waals surface area (Å²) in [5.74, 6) is 2.50. The third-order valence-electron chi connectivity index (χ3n) is 4.24. The normalized spacial score (nSPS) is 22.1. The van der Waals surface area contributed by atoms with Gasteiger partial charge in [0, 0.05) is 17.3 Å². The molecule has 106 valence electrons. The second-order valence-corrected chi connectivity index (χ2v) is 5.72. The van der Waals surface area contributed by atoms with Gasteiger partial charge in [0.2, 0.25) is 0 Å². The van der Waals surface area contributed by atoms with Crippen LogP contribution in [0, 0.1) is 12.8 Å². The van der Waals surface area contributed by atoms with E-state index in [1.54, 1.807) is 0 Å². The molecule has 1 aliphatic carbocycles. The van der Waals surface area contributed by atoms with Crippen LogP contribution < -0.4 is 5.32 Å².